The Morgan fingerprint density at radius 1 is 1.58 bits per heavy atom. The van der Waals surface area contributed by atoms with Crippen molar-refractivity contribution >= 4 is 12.1 Å². The van der Waals surface area contributed by atoms with Crippen LogP contribution in [0.4, 0.5) is 4.79 Å². The smallest absolute Gasteiger partial charge is 0.407 e. The number of fused-ring (bicyclic) bond motifs is 1. The standard InChI is InChI=1S/C12H15N3O4/c1-2-6-19-12(18)13-7-8-10(11(16)17)9-4-3-5-15(9)14-8/h2H,1,3-7H2,(H,13,18)(H,16,17). The summed E-state index contributed by atoms with van der Waals surface area (Å²) in [5.74, 6) is -1.01. The van der Waals surface area contributed by atoms with Crippen LogP contribution >= 0.6 is 0 Å². The highest BCUT2D eigenvalue weighted by Gasteiger charge is 2.26. The van der Waals surface area contributed by atoms with Crippen molar-refractivity contribution in [1.82, 2.24) is 15.1 Å². The van der Waals surface area contributed by atoms with E-state index >= 15 is 0 Å². The molecule has 19 heavy (non-hydrogen) atoms. The molecule has 1 aromatic rings. The van der Waals surface area contributed by atoms with E-state index in [9.17, 15) is 14.7 Å². The molecule has 1 amide bonds. The number of alkyl carbamates (subject to hydrolysis) is 1. The second kappa shape index (κ2) is 5.55. The van der Waals surface area contributed by atoms with E-state index in [-0.39, 0.29) is 18.7 Å². The third-order valence-electron chi connectivity index (χ3n) is 2.86. The van der Waals surface area contributed by atoms with Crippen LogP contribution < -0.4 is 5.32 Å². The molecule has 0 atom stereocenters. The number of carboxylic acid groups (broad SMARTS) is 1. The van der Waals surface area contributed by atoms with Crippen molar-refractivity contribution < 1.29 is 19.4 Å². The summed E-state index contributed by atoms with van der Waals surface area (Å²) in [7, 11) is 0. The van der Waals surface area contributed by atoms with E-state index in [0.717, 1.165) is 18.7 Å². The van der Waals surface area contributed by atoms with Crippen LogP contribution in [0.5, 0.6) is 0 Å². The first-order valence-electron chi connectivity index (χ1n) is 5.97. The summed E-state index contributed by atoms with van der Waals surface area (Å²) in [5.41, 5.74) is 1.28. The Kier molecular flexibility index (Phi) is 3.84. The molecule has 2 N–H and O–H groups in total. The predicted octanol–water partition coefficient (Wildman–Crippen LogP) is 0.940. The average Bonchev–Trinajstić information content (AvgIpc) is 2.92. The number of hydrogen-bond donors (Lipinski definition) is 2. The van der Waals surface area contributed by atoms with Crippen LogP contribution in [0.25, 0.3) is 0 Å². The van der Waals surface area contributed by atoms with Gasteiger partial charge in [0.05, 0.1) is 17.9 Å². The maximum absolute atomic E-state index is 11.3. The fourth-order valence-corrected chi connectivity index (χ4v) is 2.10. The average molecular weight is 265 g/mol. The molecule has 7 heteroatoms. The number of carbonyl (C=O) groups excluding carboxylic acids is 1. The first-order chi connectivity index (χ1) is 9.13. The highest BCUT2D eigenvalue weighted by Crippen LogP contribution is 2.22. The van der Waals surface area contributed by atoms with E-state index in [1.54, 1.807) is 4.68 Å². The number of aromatic nitrogens is 2. The van der Waals surface area contributed by atoms with E-state index in [1.165, 1.54) is 6.08 Å². The van der Waals surface area contributed by atoms with E-state index in [0.29, 0.717) is 12.1 Å². The zero-order valence-corrected chi connectivity index (χ0v) is 10.4. The van der Waals surface area contributed by atoms with E-state index in [2.05, 4.69) is 17.0 Å². The van der Waals surface area contributed by atoms with Crippen molar-refractivity contribution in [3.05, 3.63) is 29.6 Å². The molecule has 0 fully saturated rings. The minimum atomic E-state index is -1.01. The number of rotatable bonds is 5. The lowest BCUT2D eigenvalue weighted by Gasteiger charge is -2.04. The molecular weight excluding hydrogens is 250 g/mol. The van der Waals surface area contributed by atoms with Crippen molar-refractivity contribution in [3.63, 3.8) is 0 Å². The fraction of sp³-hybridized carbons (Fsp3) is 0.417. The quantitative estimate of drug-likeness (QED) is 0.773. The second-order valence-electron chi connectivity index (χ2n) is 4.14. The molecule has 0 bridgehead atoms. The van der Waals surface area contributed by atoms with Crippen molar-refractivity contribution in [2.45, 2.75) is 25.9 Å². The highest BCUT2D eigenvalue weighted by molar-refractivity contribution is 5.90. The fourth-order valence-electron chi connectivity index (χ4n) is 2.10. The molecule has 1 aliphatic heterocycles. The molecule has 0 radical (unpaired) electrons. The van der Waals surface area contributed by atoms with Crippen LogP contribution in [0.3, 0.4) is 0 Å². The SMILES string of the molecule is C=CCOC(=O)NCc1nn2c(c1C(=O)O)CCC2. The minimum absolute atomic E-state index is 0.0393. The number of hydrogen-bond acceptors (Lipinski definition) is 4. The monoisotopic (exact) mass is 265 g/mol. The summed E-state index contributed by atoms with van der Waals surface area (Å²) in [6.45, 7) is 4.29. The van der Waals surface area contributed by atoms with Gasteiger partial charge in [-0.15, -0.1) is 0 Å². The lowest BCUT2D eigenvalue weighted by molar-refractivity contribution is 0.0694. The maximum Gasteiger partial charge on any atom is 0.407 e. The molecule has 0 aliphatic carbocycles. The van der Waals surface area contributed by atoms with E-state index in [1.807, 2.05) is 0 Å². The lowest BCUT2D eigenvalue weighted by atomic mass is 10.1. The Labute approximate surface area is 109 Å². The molecule has 0 aromatic carbocycles. The molecular formula is C12H15N3O4. The van der Waals surface area contributed by atoms with Gasteiger partial charge in [-0.1, -0.05) is 12.7 Å². The van der Waals surface area contributed by atoms with Gasteiger partial charge in [-0.2, -0.15) is 5.10 Å². The topological polar surface area (TPSA) is 93.5 Å². The number of aryl methyl sites for hydroxylation is 1. The normalized spacial score (nSPS) is 12.8. The molecule has 0 spiro atoms. The van der Waals surface area contributed by atoms with Crippen LogP contribution in [0.2, 0.25) is 0 Å². The van der Waals surface area contributed by atoms with Gasteiger partial charge in [0.1, 0.15) is 12.2 Å². The number of nitrogens with zero attached hydrogens (tertiary/aromatic N) is 2. The zero-order valence-electron chi connectivity index (χ0n) is 10.4. The van der Waals surface area contributed by atoms with E-state index in [4.69, 9.17) is 4.74 Å². The molecule has 0 unspecified atom stereocenters. The van der Waals surface area contributed by atoms with Crippen molar-refractivity contribution in [3.8, 4) is 0 Å². The highest BCUT2D eigenvalue weighted by atomic mass is 16.5. The van der Waals surface area contributed by atoms with Gasteiger partial charge in [-0.05, 0) is 12.8 Å². The Hall–Kier alpha value is -2.31. The summed E-state index contributed by atoms with van der Waals surface area (Å²) in [5, 5.41) is 15.9. The number of ether oxygens (including phenoxy) is 1. The predicted molar refractivity (Wildman–Crippen MR) is 65.9 cm³/mol. The Morgan fingerprint density at radius 2 is 2.37 bits per heavy atom. The third kappa shape index (κ3) is 2.75. The van der Waals surface area contributed by atoms with Crippen LogP contribution in [0, 0.1) is 0 Å². The van der Waals surface area contributed by atoms with Gasteiger partial charge < -0.3 is 15.2 Å². The summed E-state index contributed by atoms with van der Waals surface area (Å²) >= 11 is 0. The van der Waals surface area contributed by atoms with Crippen LogP contribution in [-0.2, 0) is 24.2 Å². The number of carboxylic acids is 1. The van der Waals surface area contributed by atoms with Gasteiger partial charge in [0.15, 0.2) is 0 Å². The molecule has 2 heterocycles. The summed E-state index contributed by atoms with van der Waals surface area (Å²) in [6, 6.07) is 0. The third-order valence-corrected chi connectivity index (χ3v) is 2.86. The second-order valence-corrected chi connectivity index (χ2v) is 4.14. The number of aromatic carboxylic acids is 1. The number of nitrogens with one attached hydrogen (secondary N) is 1. The molecule has 1 aliphatic rings. The molecule has 0 saturated carbocycles. The Bertz CT molecular complexity index is 521. The van der Waals surface area contributed by atoms with Gasteiger partial charge in [0.25, 0.3) is 0 Å². The van der Waals surface area contributed by atoms with Gasteiger partial charge >= 0.3 is 12.1 Å². The molecule has 0 saturated heterocycles. The van der Waals surface area contributed by atoms with Crippen molar-refractivity contribution in [2.75, 3.05) is 6.61 Å². The van der Waals surface area contributed by atoms with Gasteiger partial charge in [-0.3, -0.25) is 4.68 Å². The van der Waals surface area contributed by atoms with E-state index < -0.39 is 12.1 Å². The van der Waals surface area contributed by atoms with Gasteiger partial charge in [-0.25, -0.2) is 9.59 Å². The molecule has 7 nitrogen and oxygen atoms in total. The summed E-state index contributed by atoms with van der Waals surface area (Å²) in [4.78, 5) is 22.5. The number of carbonyl (C=O) groups is 2. The van der Waals surface area contributed by atoms with Crippen LogP contribution in [0.1, 0.15) is 28.2 Å². The van der Waals surface area contributed by atoms with Crippen LogP contribution in [0.15, 0.2) is 12.7 Å². The first kappa shape index (κ1) is 13.1. The largest absolute Gasteiger partial charge is 0.478 e. The van der Waals surface area contributed by atoms with Crippen molar-refractivity contribution in [1.29, 1.82) is 0 Å². The summed E-state index contributed by atoms with van der Waals surface area (Å²) in [6.07, 6.45) is 2.44. The maximum atomic E-state index is 11.3. The lowest BCUT2D eigenvalue weighted by Crippen LogP contribution is -2.25. The summed E-state index contributed by atoms with van der Waals surface area (Å²) < 4.78 is 6.43. The Morgan fingerprint density at radius 3 is 3.05 bits per heavy atom. The van der Waals surface area contributed by atoms with Gasteiger partial charge in [0, 0.05) is 6.54 Å². The first-order valence-corrected chi connectivity index (χ1v) is 5.97. The minimum Gasteiger partial charge on any atom is -0.478 e. The van der Waals surface area contributed by atoms with Crippen LogP contribution in [-0.4, -0.2) is 33.6 Å². The number of amides is 1. The van der Waals surface area contributed by atoms with Crippen molar-refractivity contribution in [2.24, 2.45) is 0 Å². The molecule has 1 aromatic heterocycles. The van der Waals surface area contributed by atoms with Gasteiger partial charge in [0.2, 0.25) is 0 Å². The molecule has 102 valence electrons. The molecule has 2 rings (SSSR count). The zero-order chi connectivity index (χ0) is 13.8. The Balaban J connectivity index is 2.06.